The summed E-state index contributed by atoms with van der Waals surface area (Å²) < 4.78 is 5.17. The molecule has 0 aromatic rings. The minimum Gasteiger partial charge on any atom is -0.380 e. The molecular formula is C11H23ClN2O2. The molecule has 0 spiro atoms. The maximum Gasteiger partial charge on any atom is 0.227 e. The monoisotopic (exact) mass is 250 g/mol. The van der Waals surface area contributed by atoms with Crippen LogP contribution in [0.1, 0.15) is 26.7 Å². The van der Waals surface area contributed by atoms with Crippen molar-refractivity contribution in [2.75, 3.05) is 32.8 Å². The summed E-state index contributed by atoms with van der Waals surface area (Å²) >= 11 is 0. The quantitative estimate of drug-likeness (QED) is 0.715. The van der Waals surface area contributed by atoms with Gasteiger partial charge in [0.2, 0.25) is 5.91 Å². The van der Waals surface area contributed by atoms with E-state index in [-0.39, 0.29) is 23.7 Å². The number of hydrogen-bond acceptors (Lipinski definition) is 3. The fraction of sp³-hybridized carbons (Fsp3) is 0.909. The van der Waals surface area contributed by atoms with Crippen molar-refractivity contribution in [1.29, 1.82) is 0 Å². The molecule has 1 fully saturated rings. The van der Waals surface area contributed by atoms with E-state index in [1.165, 1.54) is 0 Å². The van der Waals surface area contributed by atoms with Gasteiger partial charge in [0.25, 0.3) is 0 Å². The zero-order valence-corrected chi connectivity index (χ0v) is 11.0. The van der Waals surface area contributed by atoms with Gasteiger partial charge in [-0.3, -0.25) is 4.79 Å². The van der Waals surface area contributed by atoms with Gasteiger partial charge in [-0.15, -0.1) is 12.4 Å². The molecule has 1 amide bonds. The number of carbonyl (C=O) groups excluding carboxylic acids is 1. The van der Waals surface area contributed by atoms with Gasteiger partial charge in [0.05, 0.1) is 12.0 Å². The van der Waals surface area contributed by atoms with Gasteiger partial charge < -0.3 is 15.4 Å². The molecule has 2 N–H and O–H groups in total. The van der Waals surface area contributed by atoms with Crippen molar-refractivity contribution in [2.45, 2.75) is 26.7 Å². The predicted molar refractivity (Wildman–Crippen MR) is 67.0 cm³/mol. The Labute approximate surface area is 104 Å². The zero-order valence-electron chi connectivity index (χ0n) is 10.2. The van der Waals surface area contributed by atoms with E-state index in [0.717, 1.165) is 25.9 Å². The van der Waals surface area contributed by atoms with Crippen LogP contribution < -0.4 is 10.6 Å². The van der Waals surface area contributed by atoms with Crippen molar-refractivity contribution in [3.63, 3.8) is 0 Å². The van der Waals surface area contributed by atoms with Gasteiger partial charge in [0, 0.05) is 19.7 Å². The second kappa shape index (κ2) is 7.87. The summed E-state index contributed by atoms with van der Waals surface area (Å²) in [4.78, 5) is 11.9. The van der Waals surface area contributed by atoms with Gasteiger partial charge in [0.1, 0.15) is 0 Å². The molecule has 0 aromatic carbocycles. The minimum absolute atomic E-state index is 0. The second-order valence-electron chi connectivity index (χ2n) is 4.29. The van der Waals surface area contributed by atoms with Gasteiger partial charge in [-0.1, -0.05) is 0 Å². The second-order valence-corrected chi connectivity index (χ2v) is 4.29. The molecule has 1 atom stereocenters. The van der Waals surface area contributed by atoms with E-state index < -0.39 is 0 Å². The fourth-order valence-electron chi connectivity index (χ4n) is 1.84. The molecule has 1 rings (SSSR count). The summed E-state index contributed by atoms with van der Waals surface area (Å²) in [6.45, 7) is 7.71. The van der Waals surface area contributed by atoms with Crippen molar-refractivity contribution in [2.24, 2.45) is 5.41 Å². The Morgan fingerprint density at radius 2 is 2.31 bits per heavy atom. The molecule has 1 unspecified atom stereocenters. The maximum atomic E-state index is 11.9. The number of piperidine rings is 1. The van der Waals surface area contributed by atoms with E-state index in [1.54, 1.807) is 0 Å². The van der Waals surface area contributed by atoms with E-state index in [2.05, 4.69) is 10.6 Å². The SMILES string of the molecule is CCOCCNC(=O)C1(C)CCCNC1.Cl. The van der Waals surface area contributed by atoms with Crippen molar-refractivity contribution < 1.29 is 9.53 Å². The lowest BCUT2D eigenvalue weighted by Crippen LogP contribution is -2.49. The highest BCUT2D eigenvalue weighted by atomic mass is 35.5. The van der Waals surface area contributed by atoms with E-state index >= 15 is 0 Å². The summed E-state index contributed by atoms with van der Waals surface area (Å²) in [5, 5.41) is 6.19. The first-order chi connectivity index (χ1) is 7.19. The Hall–Kier alpha value is -0.320. The summed E-state index contributed by atoms with van der Waals surface area (Å²) in [5.74, 6) is 0.148. The molecule has 0 bridgehead atoms. The van der Waals surface area contributed by atoms with E-state index in [9.17, 15) is 4.79 Å². The van der Waals surface area contributed by atoms with Crippen LogP contribution in [-0.2, 0) is 9.53 Å². The molecule has 0 radical (unpaired) electrons. The molecule has 0 saturated carbocycles. The van der Waals surface area contributed by atoms with Crippen LogP contribution in [0.5, 0.6) is 0 Å². The molecule has 0 aliphatic carbocycles. The Morgan fingerprint density at radius 3 is 2.88 bits per heavy atom. The first-order valence-electron chi connectivity index (χ1n) is 5.76. The Balaban J connectivity index is 0.00000225. The molecule has 96 valence electrons. The van der Waals surface area contributed by atoms with Crippen LogP contribution in [0, 0.1) is 5.41 Å². The first kappa shape index (κ1) is 15.7. The molecule has 1 aliphatic rings. The highest BCUT2D eigenvalue weighted by Crippen LogP contribution is 2.25. The van der Waals surface area contributed by atoms with Gasteiger partial charge in [-0.2, -0.15) is 0 Å². The number of amides is 1. The van der Waals surface area contributed by atoms with Crippen LogP contribution >= 0.6 is 12.4 Å². The van der Waals surface area contributed by atoms with Crippen LogP contribution in [0.3, 0.4) is 0 Å². The Bertz CT molecular complexity index is 206. The van der Waals surface area contributed by atoms with E-state index in [4.69, 9.17) is 4.74 Å². The molecule has 5 heteroatoms. The van der Waals surface area contributed by atoms with Gasteiger partial charge in [-0.05, 0) is 33.2 Å². The lowest BCUT2D eigenvalue weighted by atomic mass is 9.82. The topological polar surface area (TPSA) is 50.4 Å². The average Bonchev–Trinajstić information content (AvgIpc) is 2.25. The summed E-state index contributed by atoms with van der Waals surface area (Å²) in [7, 11) is 0. The number of carbonyl (C=O) groups is 1. The van der Waals surface area contributed by atoms with E-state index in [1.807, 2.05) is 13.8 Å². The van der Waals surface area contributed by atoms with Crippen LogP contribution in [0.25, 0.3) is 0 Å². The van der Waals surface area contributed by atoms with Crippen LogP contribution in [-0.4, -0.2) is 38.8 Å². The van der Waals surface area contributed by atoms with Gasteiger partial charge in [0.15, 0.2) is 0 Å². The third-order valence-corrected chi connectivity index (χ3v) is 2.88. The van der Waals surface area contributed by atoms with Crippen molar-refractivity contribution in [3.05, 3.63) is 0 Å². The zero-order chi connectivity index (χ0) is 11.1. The standard InChI is InChI=1S/C11H22N2O2.ClH/c1-3-15-8-7-13-10(14)11(2)5-4-6-12-9-11;/h12H,3-9H2,1-2H3,(H,13,14);1H. The minimum atomic E-state index is -0.232. The van der Waals surface area contributed by atoms with E-state index in [0.29, 0.717) is 19.8 Å². The highest BCUT2D eigenvalue weighted by Gasteiger charge is 2.34. The average molecular weight is 251 g/mol. The number of rotatable bonds is 5. The lowest BCUT2D eigenvalue weighted by Gasteiger charge is -2.32. The molecule has 0 aromatic heterocycles. The first-order valence-corrected chi connectivity index (χ1v) is 5.76. The predicted octanol–water partition coefficient (Wildman–Crippen LogP) is 0.951. The smallest absolute Gasteiger partial charge is 0.227 e. The lowest BCUT2D eigenvalue weighted by molar-refractivity contribution is -0.131. The van der Waals surface area contributed by atoms with Crippen molar-refractivity contribution in [1.82, 2.24) is 10.6 Å². The normalized spacial score (nSPS) is 24.6. The summed E-state index contributed by atoms with van der Waals surface area (Å²) in [6, 6.07) is 0. The third-order valence-electron chi connectivity index (χ3n) is 2.88. The van der Waals surface area contributed by atoms with Crippen LogP contribution in [0.4, 0.5) is 0 Å². The van der Waals surface area contributed by atoms with Gasteiger partial charge >= 0.3 is 0 Å². The van der Waals surface area contributed by atoms with Crippen molar-refractivity contribution in [3.8, 4) is 0 Å². The third kappa shape index (κ3) is 4.68. The Kier molecular flexibility index (Phi) is 7.72. The Morgan fingerprint density at radius 1 is 1.56 bits per heavy atom. The summed E-state index contributed by atoms with van der Waals surface area (Å²) in [5.41, 5.74) is -0.232. The number of ether oxygens (including phenoxy) is 1. The molecule has 4 nitrogen and oxygen atoms in total. The summed E-state index contributed by atoms with van der Waals surface area (Å²) in [6.07, 6.45) is 2.05. The maximum absolute atomic E-state index is 11.9. The van der Waals surface area contributed by atoms with Crippen LogP contribution in [0.15, 0.2) is 0 Å². The number of hydrogen-bond donors (Lipinski definition) is 2. The number of halogens is 1. The van der Waals surface area contributed by atoms with Gasteiger partial charge in [-0.25, -0.2) is 0 Å². The molecule has 1 aliphatic heterocycles. The van der Waals surface area contributed by atoms with Crippen molar-refractivity contribution >= 4 is 18.3 Å². The molecular weight excluding hydrogens is 228 g/mol. The largest absolute Gasteiger partial charge is 0.380 e. The fourth-order valence-corrected chi connectivity index (χ4v) is 1.84. The highest BCUT2D eigenvalue weighted by molar-refractivity contribution is 5.85. The molecule has 1 heterocycles. The molecule has 16 heavy (non-hydrogen) atoms. The number of nitrogens with one attached hydrogen (secondary N) is 2. The van der Waals surface area contributed by atoms with Crippen LogP contribution in [0.2, 0.25) is 0 Å². The molecule has 1 saturated heterocycles.